The first-order valence-electron chi connectivity index (χ1n) is 9.57. The van der Waals surface area contributed by atoms with E-state index in [1.165, 1.54) is 0 Å². The molecule has 0 aliphatic heterocycles. The van der Waals surface area contributed by atoms with Crippen molar-refractivity contribution in [3.05, 3.63) is 36.3 Å². The molecule has 0 saturated heterocycles. The van der Waals surface area contributed by atoms with Crippen molar-refractivity contribution in [2.75, 3.05) is 6.61 Å². The first-order valence-corrected chi connectivity index (χ1v) is 9.57. The normalized spacial score (nSPS) is 11.9. The van der Waals surface area contributed by atoms with Crippen LogP contribution in [0, 0.1) is 0 Å². The van der Waals surface area contributed by atoms with E-state index >= 15 is 0 Å². The number of nitrogens with zero attached hydrogens (tertiary/aromatic N) is 3. The van der Waals surface area contributed by atoms with Gasteiger partial charge in [0.1, 0.15) is 11.3 Å². The van der Waals surface area contributed by atoms with Gasteiger partial charge >= 0.3 is 6.09 Å². The highest BCUT2D eigenvalue weighted by Crippen LogP contribution is 2.25. The second-order valence-corrected chi connectivity index (χ2v) is 7.76. The highest BCUT2D eigenvalue weighted by atomic mass is 16.5. The summed E-state index contributed by atoms with van der Waals surface area (Å²) < 4.78 is 7.55. The molecular formula is C21H28N4O2. The number of pyridine rings is 1. The van der Waals surface area contributed by atoms with Gasteiger partial charge in [-0.15, -0.1) is 0 Å². The number of nitrogens with one attached hydrogen (secondary N) is 1. The van der Waals surface area contributed by atoms with Crippen LogP contribution in [0.4, 0.5) is 4.79 Å². The maximum atomic E-state index is 11.7. The minimum absolute atomic E-state index is 0.280. The lowest BCUT2D eigenvalue weighted by atomic mass is 10.1. The highest BCUT2D eigenvalue weighted by molar-refractivity contribution is 6.02. The molecule has 144 valence electrons. The molecule has 27 heavy (non-hydrogen) atoms. The number of para-hydroxylation sites is 1. The lowest BCUT2D eigenvalue weighted by molar-refractivity contribution is 0.135. The lowest BCUT2D eigenvalue weighted by Crippen LogP contribution is -2.41. The SMILES string of the molecule is CCc1nc2cnc3ccccc3c2n1CCCCOC(=O)NC(C)(C)C. The van der Waals surface area contributed by atoms with Crippen molar-refractivity contribution in [1.82, 2.24) is 19.9 Å². The summed E-state index contributed by atoms with van der Waals surface area (Å²) >= 11 is 0. The molecule has 0 spiro atoms. The molecule has 0 bridgehead atoms. The van der Waals surface area contributed by atoms with Crippen molar-refractivity contribution >= 4 is 28.0 Å². The molecule has 0 aliphatic rings. The number of aromatic nitrogens is 3. The zero-order valence-electron chi connectivity index (χ0n) is 16.6. The molecule has 2 heterocycles. The van der Waals surface area contributed by atoms with Gasteiger partial charge in [-0.05, 0) is 39.7 Å². The molecule has 0 aliphatic carbocycles. The van der Waals surface area contributed by atoms with Crippen molar-refractivity contribution < 1.29 is 9.53 Å². The maximum Gasteiger partial charge on any atom is 0.407 e. The summed E-state index contributed by atoms with van der Waals surface area (Å²) in [5.41, 5.74) is 2.78. The van der Waals surface area contributed by atoms with Gasteiger partial charge in [0.2, 0.25) is 0 Å². The average molecular weight is 368 g/mol. The van der Waals surface area contributed by atoms with Gasteiger partial charge in [0.15, 0.2) is 0 Å². The topological polar surface area (TPSA) is 69.0 Å². The fourth-order valence-corrected chi connectivity index (χ4v) is 3.20. The molecular weight excluding hydrogens is 340 g/mol. The van der Waals surface area contributed by atoms with Crippen LogP contribution in [0.25, 0.3) is 21.9 Å². The Labute approximate surface area is 159 Å². The van der Waals surface area contributed by atoms with E-state index in [9.17, 15) is 4.79 Å². The first-order chi connectivity index (χ1) is 12.9. The number of carbonyl (C=O) groups excluding carboxylic acids is 1. The van der Waals surface area contributed by atoms with Crippen LogP contribution in [-0.4, -0.2) is 32.8 Å². The summed E-state index contributed by atoms with van der Waals surface area (Å²) in [5.74, 6) is 1.06. The monoisotopic (exact) mass is 368 g/mol. The third kappa shape index (κ3) is 4.56. The summed E-state index contributed by atoms with van der Waals surface area (Å²) in [4.78, 5) is 21.0. The molecule has 1 aromatic carbocycles. The van der Waals surface area contributed by atoms with E-state index in [0.717, 1.165) is 53.6 Å². The first kappa shape index (κ1) is 19.1. The number of hydrogen-bond donors (Lipinski definition) is 1. The van der Waals surface area contributed by atoms with Crippen molar-refractivity contribution in [1.29, 1.82) is 0 Å². The number of amides is 1. The summed E-state index contributed by atoms with van der Waals surface area (Å²) in [6, 6.07) is 8.16. The van der Waals surface area contributed by atoms with E-state index in [0.29, 0.717) is 6.61 Å². The van der Waals surface area contributed by atoms with Crippen LogP contribution < -0.4 is 5.32 Å². The van der Waals surface area contributed by atoms with Gasteiger partial charge in [-0.3, -0.25) is 4.98 Å². The highest BCUT2D eigenvalue weighted by Gasteiger charge is 2.15. The minimum Gasteiger partial charge on any atom is -0.450 e. The van der Waals surface area contributed by atoms with Crippen molar-refractivity contribution in [3.63, 3.8) is 0 Å². The fraction of sp³-hybridized carbons (Fsp3) is 0.476. The number of carbonyl (C=O) groups is 1. The molecule has 3 rings (SSSR count). The molecule has 0 saturated carbocycles. The Balaban J connectivity index is 1.68. The number of alkyl carbamates (subject to hydrolysis) is 1. The number of benzene rings is 1. The van der Waals surface area contributed by atoms with E-state index in [-0.39, 0.29) is 11.6 Å². The number of aryl methyl sites for hydroxylation is 2. The zero-order chi connectivity index (χ0) is 19.4. The van der Waals surface area contributed by atoms with Crippen LogP contribution in [0.2, 0.25) is 0 Å². The quantitative estimate of drug-likeness (QED) is 0.653. The molecule has 1 N–H and O–H groups in total. The Morgan fingerprint density at radius 3 is 2.70 bits per heavy atom. The van der Waals surface area contributed by atoms with Crippen molar-refractivity contribution in [3.8, 4) is 0 Å². The summed E-state index contributed by atoms with van der Waals surface area (Å²) in [6.45, 7) is 9.18. The molecule has 0 atom stereocenters. The summed E-state index contributed by atoms with van der Waals surface area (Å²) in [7, 11) is 0. The molecule has 1 amide bonds. The lowest BCUT2D eigenvalue weighted by Gasteiger charge is -2.19. The molecule has 0 fully saturated rings. The largest absolute Gasteiger partial charge is 0.450 e. The number of unbranched alkanes of at least 4 members (excludes halogenated alkanes) is 1. The van der Waals surface area contributed by atoms with Crippen LogP contribution in [0.3, 0.4) is 0 Å². The van der Waals surface area contributed by atoms with Crippen molar-refractivity contribution in [2.45, 2.75) is 59.0 Å². The Morgan fingerprint density at radius 2 is 1.96 bits per heavy atom. The number of fused-ring (bicyclic) bond motifs is 3. The third-order valence-electron chi connectivity index (χ3n) is 4.36. The Kier molecular flexibility index (Phi) is 5.63. The number of ether oxygens (including phenoxy) is 1. The van der Waals surface area contributed by atoms with E-state index in [1.807, 2.05) is 45.2 Å². The number of rotatable bonds is 6. The fourth-order valence-electron chi connectivity index (χ4n) is 3.20. The molecule has 6 nitrogen and oxygen atoms in total. The predicted octanol–water partition coefficient (Wildman–Crippen LogP) is 4.45. The van der Waals surface area contributed by atoms with Gasteiger partial charge in [0, 0.05) is 23.9 Å². The summed E-state index contributed by atoms with van der Waals surface area (Å²) in [5, 5.41) is 3.93. The number of hydrogen-bond acceptors (Lipinski definition) is 4. The van der Waals surface area contributed by atoms with Gasteiger partial charge in [-0.1, -0.05) is 25.1 Å². The smallest absolute Gasteiger partial charge is 0.407 e. The Hall–Kier alpha value is -2.63. The van der Waals surface area contributed by atoms with E-state index in [4.69, 9.17) is 9.72 Å². The average Bonchev–Trinajstić information content (AvgIpc) is 2.98. The van der Waals surface area contributed by atoms with E-state index in [1.54, 1.807) is 0 Å². The van der Waals surface area contributed by atoms with Gasteiger partial charge in [-0.25, -0.2) is 9.78 Å². The van der Waals surface area contributed by atoms with Gasteiger partial charge in [0.05, 0.1) is 23.8 Å². The predicted molar refractivity (Wildman–Crippen MR) is 108 cm³/mol. The van der Waals surface area contributed by atoms with Crippen LogP contribution in [-0.2, 0) is 17.7 Å². The molecule has 6 heteroatoms. The second kappa shape index (κ2) is 7.94. The second-order valence-electron chi connectivity index (χ2n) is 7.76. The Bertz CT molecular complexity index is 940. The standard InChI is InChI=1S/C21H28N4O2/c1-5-18-23-17-14-22-16-11-7-6-10-15(16)19(17)25(18)12-8-9-13-27-20(26)24-21(2,3)4/h6-7,10-11,14H,5,8-9,12-13H2,1-4H3,(H,24,26). The van der Waals surface area contributed by atoms with Crippen LogP contribution in [0.1, 0.15) is 46.4 Å². The Morgan fingerprint density at radius 1 is 1.19 bits per heavy atom. The van der Waals surface area contributed by atoms with E-state index < -0.39 is 0 Å². The van der Waals surface area contributed by atoms with E-state index in [2.05, 4.69) is 27.9 Å². The van der Waals surface area contributed by atoms with Crippen molar-refractivity contribution in [2.24, 2.45) is 0 Å². The molecule has 0 unspecified atom stereocenters. The van der Waals surface area contributed by atoms with Gasteiger partial charge < -0.3 is 14.6 Å². The molecule has 0 radical (unpaired) electrons. The van der Waals surface area contributed by atoms with Crippen LogP contribution >= 0.6 is 0 Å². The molecule has 3 aromatic rings. The summed E-state index contributed by atoms with van der Waals surface area (Å²) in [6.07, 6.45) is 4.09. The number of imidazole rings is 1. The zero-order valence-corrected chi connectivity index (χ0v) is 16.6. The van der Waals surface area contributed by atoms with Gasteiger partial charge in [0.25, 0.3) is 0 Å². The minimum atomic E-state index is -0.359. The third-order valence-corrected chi connectivity index (χ3v) is 4.36. The maximum absolute atomic E-state index is 11.7. The van der Waals surface area contributed by atoms with Crippen LogP contribution in [0.15, 0.2) is 30.5 Å². The van der Waals surface area contributed by atoms with Gasteiger partial charge in [-0.2, -0.15) is 0 Å². The van der Waals surface area contributed by atoms with Crippen LogP contribution in [0.5, 0.6) is 0 Å². The molecule has 2 aromatic heterocycles.